The van der Waals surface area contributed by atoms with Crippen molar-refractivity contribution in [1.29, 1.82) is 0 Å². The first kappa shape index (κ1) is 14.7. The first-order chi connectivity index (χ1) is 7.77. The summed E-state index contributed by atoms with van der Waals surface area (Å²) < 4.78 is 0.920. The van der Waals surface area contributed by atoms with E-state index in [1.54, 1.807) is 6.07 Å². The third-order valence-electron chi connectivity index (χ3n) is 3.27. The molecule has 0 bridgehead atoms. The van der Waals surface area contributed by atoms with Crippen LogP contribution in [0.1, 0.15) is 33.9 Å². The molecule has 1 atom stereocenters. The Kier molecular flexibility index (Phi) is 4.77. The molecule has 0 heterocycles. The van der Waals surface area contributed by atoms with Gasteiger partial charge in [0.05, 0.1) is 13.6 Å². The summed E-state index contributed by atoms with van der Waals surface area (Å²) in [5, 5.41) is 9.26. The number of carboxylic acids is 1. The molecule has 1 unspecified atom stereocenters. The van der Waals surface area contributed by atoms with Crippen LogP contribution in [0.25, 0.3) is 0 Å². The number of hydrogen-bond donors (Lipinski definition) is 1. The van der Waals surface area contributed by atoms with Gasteiger partial charge in [-0.15, -0.1) is 0 Å². The molecule has 2 nitrogen and oxygen atoms in total. The van der Waals surface area contributed by atoms with Crippen molar-refractivity contribution in [3.8, 4) is 0 Å². The highest BCUT2D eigenvalue weighted by Crippen LogP contribution is 2.30. The summed E-state index contributed by atoms with van der Waals surface area (Å²) in [5.74, 6) is -0.815. The number of carbonyl (C=O) groups is 1. The Balaban J connectivity index is 3.32. The minimum Gasteiger partial charge on any atom is -0.478 e. The van der Waals surface area contributed by atoms with Crippen molar-refractivity contribution in [1.82, 2.24) is 0 Å². The van der Waals surface area contributed by atoms with Crippen LogP contribution >= 0.6 is 22.6 Å². The fourth-order valence-corrected chi connectivity index (χ4v) is 3.36. The van der Waals surface area contributed by atoms with Crippen LogP contribution in [0.5, 0.6) is 0 Å². The van der Waals surface area contributed by atoms with Crippen LogP contribution in [0.2, 0.25) is 19.6 Å². The lowest BCUT2D eigenvalue weighted by Crippen LogP contribution is -2.30. The Labute approximate surface area is 118 Å². The molecule has 1 N–H and O–H groups in total. The topological polar surface area (TPSA) is 37.3 Å². The summed E-state index contributed by atoms with van der Waals surface area (Å²) in [6.07, 6.45) is 0. The normalized spacial score (nSPS) is 13.5. The summed E-state index contributed by atoms with van der Waals surface area (Å²) in [6, 6.07) is 5.73. The molecule has 0 radical (unpaired) electrons. The van der Waals surface area contributed by atoms with Gasteiger partial charge in [0.1, 0.15) is 0 Å². The van der Waals surface area contributed by atoms with Crippen LogP contribution < -0.4 is 0 Å². The Bertz CT molecular complexity index is 424. The molecule has 0 spiro atoms. The predicted molar refractivity (Wildman–Crippen MR) is 82.9 cm³/mol. The number of aromatic carboxylic acids is 1. The van der Waals surface area contributed by atoms with E-state index in [4.69, 9.17) is 0 Å². The molecule has 0 aliphatic rings. The predicted octanol–water partition coefficient (Wildman–Crippen LogP) is 4.30. The van der Waals surface area contributed by atoms with E-state index in [-0.39, 0.29) is 0 Å². The quantitative estimate of drug-likeness (QED) is 0.493. The van der Waals surface area contributed by atoms with Gasteiger partial charge in [-0.1, -0.05) is 61.3 Å². The highest BCUT2D eigenvalue weighted by Gasteiger charge is 2.27. The summed E-state index contributed by atoms with van der Waals surface area (Å²) in [5.41, 5.74) is 3.03. The van der Waals surface area contributed by atoms with E-state index >= 15 is 0 Å². The number of carboxylic acid groups (broad SMARTS) is 1. The molecule has 1 aromatic rings. The monoisotopic (exact) mass is 362 g/mol. The minimum absolute atomic E-state index is 0.358. The average Bonchev–Trinajstić information content (AvgIpc) is 2.25. The molecule has 0 aromatic heterocycles. The van der Waals surface area contributed by atoms with Gasteiger partial charge in [0.2, 0.25) is 0 Å². The molecule has 0 saturated carbocycles. The average molecular weight is 362 g/mol. The number of rotatable bonds is 4. The van der Waals surface area contributed by atoms with Gasteiger partial charge < -0.3 is 5.11 Å². The second-order valence-corrected chi connectivity index (χ2v) is 11.8. The van der Waals surface area contributed by atoms with Crippen LogP contribution in [0.4, 0.5) is 0 Å². The van der Waals surface area contributed by atoms with Gasteiger partial charge in [-0.25, -0.2) is 4.79 Å². The zero-order valence-electron chi connectivity index (χ0n) is 10.7. The summed E-state index contributed by atoms with van der Waals surface area (Å²) >= 11 is 2.31. The molecule has 0 aliphatic heterocycles. The number of benzene rings is 1. The minimum atomic E-state index is -1.38. The number of hydrogen-bond acceptors (Lipinski definition) is 1. The highest BCUT2D eigenvalue weighted by molar-refractivity contribution is 14.1. The molecule has 0 aliphatic carbocycles. The van der Waals surface area contributed by atoms with Gasteiger partial charge in [0.25, 0.3) is 0 Å². The maximum absolute atomic E-state index is 11.3. The fraction of sp³-hybridized carbons (Fsp3) is 0.462. The lowest BCUT2D eigenvalue weighted by molar-refractivity contribution is 0.0695. The van der Waals surface area contributed by atoms with Crippen LogP contribution in [0.15, 0.2) is 18.2 Å². The van der Waals surface area contributed by atoms with Gasteiger partial charge in [-0.2, -0.15) is 0 Å². The Hall–Kier alpha value is -0.363. The molecule has 1 aromatic carbocycles. The van der Waals surface area contributed by atoms with Gasteiger partial charge in [-0.05, 0) is 22.7 Å². The first-order valence-corrected chi connectivity index (χ1v) is 10.8. The van der Waals surface area contributed by atoms with E-state index in [1.807, 2.05) is 6.07 Å². The lowest BCUT2D eigenvalue weighted by Gasteiger charge is -2.27. The van der Waals surface area contributed by atoms with Crippen molar-refractivity contribution < 1.29 is 9.90 Å². The zero-order valence-corrected chi connectivity index (χ0v) is 13.9. The molecule has 0 saturated heterocycles. The van der Waals surface area contributed by atoms with E-state index in [2.05, 4.69) is 55.2 Å². The van der Waals surface area contributed by atoms with Crippen molar-refractivity contribution in [2.24, 2.45) is 0 Å². The molecule has 1 rings (SSSR count). The highest BCUT2D eigenvalue weighted by atomic mass is 127. The largest absolute Gasteiger partial charge is 0.478 e. The molecular formula is C13H19IO2Si. The SMILES string of the molecule is CC(c1cc(CI)ccc1C(=O)O)[Si](C)(C)C. The van der Waals surface area contributed by atoms with Crippen LogP contribution in [-0.2, 0) is 4.43 Å². The van der Waals surface area contributed by atoms with E-state index in [9.17, 15) is 9.90 Å². The lowest BCUT2D eigenvalue weighted by atomic mass is 10.0. The first-order valence-electron chi connectivity index (χ1n) is 5.69. The van der Waals surface area contributed by atoms with E-state index in [1.165, 1.54) is 5.56 Å². The standard InChI is InChI=1S/C13H19IO2Si/c1-9(17(2,3)4)12-7-10(8-14)5-6-11(12)13(15)16/h5-7,9H,8H2,1-4H3,(H,15,16). The van der Waals surface area contributed by atoms with Crippen LogP contribution in [-0.4, -0.2) is 19.1 Å². The molecule has 0 fully saturated rings. The van der Waals surface area contributed by atoms with Crippen LogP contribution in [0.3, 0.4) is 0 Å². The molecule has 17 heavy (non-hydrogen) atoms. The van der Waals surface area contributed by atoms with Gasteiger partial charge in [-0.3, -0.25) is 0 Å². The van der Waals surface area contributed by atoms with Crippen molar-refractivity contribution in [3.63, 3.8) is 0 Å². The molecule has 4 heteroatoms. The Morgan fingerprint density at radius 1 is 1.41 bits per heavy atom. The van der Waals surface area contributed by atoms with Gasteiger partial charge in [0.15, 0.2) is 0 Å². The van der Waals surface area contributed by atoms with Crippen LogP contribution in [0, 0.1) is 0 Å². The van der Waals surface area contributed by atoms with Gasteiger partial charge in [0, 0.05) is 4.43 Å². The van der Waals surface area contributed by atoms with Gasteiger partial charge >= 0.3 is 5.97 Å². The molecule has 0 amide bonds. The second kappa shape index (κ2) is 5.52. The van der Waals surface area contributed by atoms with E-state index in [0.29, 0.717) is 11.1 Å². The second-order valence-electron chi connectivity index (χ2n) is 5.45. The molecular weight excluding hydrogens is 343 g/mol. The maximum Gasteiger partial charge on any atom is 0.335 e. The zero-order chi connectivity index (χ0) is 13.2. The maximum atomic E-state index is 11.3. The third-order valence-corrected chi connectivity index (χ3v) is 7.06. The van der Waals surface area contributed by atoms with E-state index in [0.717, 1.165) is 9.99 Å². The number of alkyl halides is 1. The van der Waals surface area contributed by atoms with Crippen molar-refractivity contribution in [2.75, 3.05) is 0 Å². The summed E-state index contributed by atoms with van der Waals surface area (Å²) in [4.78, 5) is 11.3. The number of halogens is 1. The third kappa shape index (κ3) is 3.55. The molecule has 94 valence electrons. The summed E-state index contributed by atoms with van der Waals surface area (Å²) in [7, 11) is -1.38. The smallest absolute Gasteiger partial charge is 0.335 e. The Morgan fingerprint density at radius 2 is 2.00 bits per heavy atom. The summed E-state index contributed by atoms with van der Waals surface area (Å²) in [6.45, 7) is 8.99. The Morgan fingerprint density at radius 3 is 2.41 bits per heavy atom. The fourth-order valence-electron chi connectivity index (χ4n) is 1.71. The van der Waals surface area contributed by atoms with E-state index < -0.39 is 14.0 Å². The van der Waals surface area contributed by atoms with Crippen molar-refractivity contribution >= 4 is 36.6 Å². The van der Waals surface area contributed by atoms with Crippen molar-refractivity contribution in [3.05, 3.63) is 34.9 Å². The van der Waals surface area contributed by atoms with Crippen molar-refractivity contribution in [2.45, 2.75) is 36.5 Å².